The Balaban J connectivity index is 2.74. The van der Waals surface area contributed by atoms with E-state index in [-0.39, 0.29) is 17.7 Å². The van der Waals surface area contributed by atoms with Gasteiger partial charge in [0.15, 0.2) is 0 Å². The van der Waals surface area contributed by atoms with Crippen LogP contribution in [-0.2, 0) is 11.2 Å². The quantitative estimate of drug-likeness (QED) is 0.903. The van der Waals surface area contributed by atoms with E-state index in [1.165, 1.54) is 0 Å². The molecule has 0 saturated carbocycles. The van der Waals surface area contributed by atoms with Crippen LogP contribution in [0.1, 0.15) is 19.4 Å². The SMILES string of the molecule is CC(N)C(C)C(=O)Cc1ccc(Cl)c(Cl)c1. The fourth-order valence-electron chi connectivity index (χ4n) is 1.30. The molecule has 1 rings (SSSR count). The van der Waals surface area contributed by atoms with Gasteiger partial charge in [0.05, 0.1) is 10.0 Å². The summed E-state index contributed by atoms with van der Waals surface area (Å²) in [7, 11) is 0. The third kappa shape index (κ3) is 3.48. The number of Topliss-reactive ketones (excluding diaryl/α,β-unsaturated/α-hetero) is 1. The Morgan fingerprint density at radius 1 is 1.31 bits per heavy atom. The molecule has 16 heavy (non-hydrogen) atoms. The summed E-state index contributed by atoms with van der Waals surface area (Å²) in [4.78, 5) is 11.8. The Kier molecular flexibility index (Phi) is 4.78. The zero-order chi connectivity index (χ0) is 12.3. The highest BCUT2D eigenvalue weighted by atomic mass is 35.5. The third-order valence-corrected chi connectivity index (χ3v) is 3.40. The second-order valence-electron chi connectivity index (χ2n) is 4.04. The first-order chi connectivity index (χ1) is 7.41. The van der Waals surface area contributed by atoms with Crippen LogP contribution in [0.25, 0.3) is 0 Å². The van der Waals surface area contributed by atoms with E-state index >= 15 is 0 Å². The van der Waals surface area contributed by atoms with E-state index in [2.05, 4.69) is 0 Å². The summed E-state index contributed by atoms with van der Waals surface area (Å²) in [5, 5.41) is 0.971. The fourth-order valence-corrected chi connectivity index (χ4v) is 1.63. The second kappa shape index (κ2) is 5.67. The predicted molar refractivity (Wildman–Crippen MR) is 68.0 cm³/mol. The number of nitrogens with two attached hydrogens (primary N) is 1. The van der Waals surface area contributed by atoms with Crippen molar-refractivity contribution >= 4 is 29.0 Å². The minimum absolute atomic E-state index is 0.119. The number of hydrogen-bond acceptors (Lipinski definition) is 2. The summed E-state index contributed by atoms with van der Waals surface area (Å²) in [6.07, 6.45) is 0.347. The van der Waals surface area contributed by atoms with Crippen LogP contribution in [0.4, 0.5) is 0 Å². The molecule has 0 heterocycles. The summed E-state index contributed by atoms with van der Waals surface area (Å²) in [5.74, 6) is -0.0251. The van der Waals surface area contributed by atoms with Crippen molar-refractivity contribution in [1.29, 1.82) is 0 Å². The van der Waals surface area contributed by atoms with Crippen LogP contribution in [0.5, 0.6) is 0 Å². The number of carbonyl (C=O) groups is 1. The van der Waals surface area contributed by atoms with Gasteiger partial charge in [-0.2, -0.15) is 0 Å². The van der Waals surface area contributed by atoms with Gasteiger partial charge in [-0.15, -0.1) is 0 Å². The monoisotopic (exact) mass is 259 g/mol. The molecular weight excluding hydrogens is 245 g/mol. The van der Waals surface area contributed by atoms with Crippen LogP contribution in [0, 0.1) is 5.92 Å². The van der Waals surface area contributed by atoms with E-state index in [9.17, 15) is 4.79 Å². The number of rotatable bonds is 4. The molecule has 0 aromatic heterocycles. The van der Waals surface area contributed by atoms with E-state index in [1.807, 2.05) is 13.8 Å². The lowest BCUT2D eigenvalue weighted by Gasteiger charge is -2.14. The van der Waals surface area contributed by atoms with Crippen molar-refractivity contribution in [1.82, 2.24) is 0 Å². The molecule has 0 aliphatic rings. The van der Waals surface area contributed by atoms with Crippen LogP contribution in [0.2, 0.25) is 10.0 Å². The molecule has 2 unspecified atom stereocenters. The average molecular weight is 260 g/mol. The summed E-state index contributed by atoms with van der Waals surface area (Å²) < 4.78 is 0. The Hall–Kier alpha value is -0.570. The van der Waals surface area contributed by atoms with Gasteiger partial charge in [-0.1, -0.05) is 36.2 Å². The lowest BCUT2D eigenvalue weighted by Crippen LogP contribution is -2.31. The summed E-state index contributed by atoms with van der Waals surface area (Å²) in [6.45, 7) is 3.67. The van der Waals surface area contributed by atoms with Gasteiger partial charge >= 0.3 is 0 Å². The van der Waals surface area contributed by atoms with Crippen LogP contribution >= 0.6 is 23.2 Å². The maximum Gasteiger partial charge on any atom is 0.141 e. The normalized spacial score (nSPS) is 14.6. The molecule has 0 saturated heterocycles. The molecule has 1 aromatic rings. The van der Waals surface area contributed by atoms with Crippen molar-refractivity contribution in [3.63, 3.8) is 0 Å². The Bertz CT molecular complexity index is 391. The molecule has 0 spiro atoms. The topological polar surface area (TPSA) is 43.1 Å². The molecule has 0 bridgehead atoms. The van der Waals surface area contributed by atoms with Crippen molar-refractivity contribution in [2.24, 2.45) is 11.7 Å². The standard InChI is InChI=1S/C12H15Cl2NO/c1-7(8(2)15)12(16)6-9-3-4-10(13)11(14)5-9/h3-5,7-8H,6,15H2,1-2H3. The Morgan fingerprint density at radius 2 is 1.94 bits per heavy atom. The maximum atomic E-state index is 11.8. The third-order valence-electron chi connectivity index (χ3n) is 2.66. The molecule has 0 aliphatic heterocycles. The van der Waals surface area contributed by atoms with Crippen LogP contribution in [0.15, 0.2) is 18.2 Å². The van der Waals surface area contributed by atoms with Crippen LogP contribution in [0.3, 0.4) is 0 Å². The molecule has 88 valence electrons. The highest BCUT2D eigenvalue weighted by Crippen LogP contribution is 2.23. The van der Waals surface area contributed by atoms with Gasteiger partial charge in [0.1, 0.15) is 5.78 Å². The van der Waals surface area contributed by atoms with Gasteiger partial charge in [-0.05, 0) is 24.6 Å². The number of ketones is 1. The first kappa shape index (κ1) is 13.5. The first-order valence-corrected chi connectivity index (χ1v) is 5.89. The Morgan fingerprint density at radius 3 is 2.44 bits per heavy atom. The number of carbonyl (C=O) groups excluding carboxylic acids is 1. The van der Waals surface area contributed by atoms with E-state index in [1.54, 1.807) is 18.2 Å². The van der Waals surface area contributed by atoms with E-state index in [4.69, 9.17) is 28.9 Å². The van der Waals surface area contributed by atoms with E-state index in [0.29, 0.717) is 16.5 Å². The van der Waals surface area contributed by atoms with Crippen molar-refractivity contribution in [3.8, 4) is 0 Å². The average Bonchev–Trinajstić information content (AvgIpc) is 2.22. The van der Waals surface area contributed by atoms with Crippen molar-refractivity contribution in [2.45, 2.75) is 26.3 Å². The molecular formula is C12H15Cl2NO. The van der Waals surface area contributed by atoms with Crippen molar-refractivity contribution < 1.29 is 4.79 Å². The van der Waals surface area contributed by atoms with Crippen LogP contribution in [-0.4, -0.2) is 11.8 Å². The smallest absolute Gasteiger partial charge is 0.141 e. The molecule has 0 fully saturated rings. The molecule has 0 radical (unpaired) electrons. The zero-order valence-corrected chi connectivity index (χ0v) is 10.8. The lowest BCUT2D eigenvalue weighted by molar-refractivity contribution is -0.122. The van der Waals surface area contributed by atoms with Crippen LogP contribution < -0.4 is 5.73 Å². The molecule has 1 aromatic carbocycles. The van der Waals surface area contributed by atoms with Gasteiger partial charge < -0.3 is 5.73 Å². The highest BCUT2D eigenvalue weighted by Gasteiger charge is 2.17. The minimum Gasteiger partial charge on any atom is -0.327 e. The highest BCUT2D eigenvalue weighted by molar-refractivity contribution is 6.42. The van der Waals surface area contributed by atoms with Crippen molar-refractivity contribution in [2.75, 3.05) is 0 Å². The first-order valence-electron chi connectivity index (χ1n) is 5.14. The molecule has 2 atom stereocenters. The van der Waals surface area contributed by atoms with Crippen molar-refractivity contribution in [3.05, 3.63) is 33.8 Å². The van der Waals surface area contributed by atoms with Gasteiger partial charge in [0.2, 0.25) is 0 Å². The van der Waals surface area contributed by atoms with E-state index in [0.717, 1.165) is 5.56 Å². The zero-order valence-electron chi connectivity index (χ0n) is 9.34. The van der Waals surface area contributed by atoms with E-state index < -0.39 is 0 Å². The predicted octanol–water partition coefficient (Wildman–Crippen LogP) is 3.09. The molecule has 0 aliphatic carbocycles. The molecule has 2 N–H and O–H groups in total. The molecule has 4 heteroatoms. The number of benzene rings is 1. The largest absolute Gasteiger partial charge is 0.327 e. The Labute approximate surface area is 106 Å². The van der Waals surface area contributed by atoms with Gasteiger partial charge in [-0.25, -0.2) is 0 Å². The second-order valence-corrected chi connectivity index (χ2v) is 4.85. The molecule has 0 amide bonds. The summed E-state index contributed by atoms with van der Waals surface area (Å²) >= 11 is 11.7. The molecule has 2 nitrogen and oxygen atoms in total. The summed E-state index contributed by atoms with van der Waals surface area (Å²) in [6, 6.07) is 5.09. The lowest BCUT2D eigenvalue weighted by atomic mass is 9.94. The van der Waals surface area contributed by atoms with Gasteiger partial charge in [-0.3, -0.25) is 4.79 Å². The maximum absolute atomic E-state index is 11.8. The summed E-state index contributed by atoms with van der Waals surface area (Å²) in [5.41, 5.74) is 6.54. The van der Waals surface area contributed by atoms with Gasteiger partial charge in [0.25, 0.3) is 0 Å². The van der Waals surface area contributed by atoms with Gasteiger partial charge in [0, 0.05) is 18.4 Å². The fraction of sp³-hybridized carbons (Fsp3) is 0.417. The number of hydrogen-bond donors (Lipinski definition) is 1. The number of halogens is 2. The minimum atomic E-state index is -0.144.